The van der Waals surface area contributed by atoms with Crippen LogP contribution in [-0.2, 0) is 0 Å². The van der Waals surface area contributed by atoms with Crippen LogP contribution in [0.3, 0.4) is 0 Å². The molecule has 0 bridgehead atoms. The summed E-state index contributed by atoms with van der Waals surface area (Å²) in [6.45, 7) is 0.759. The summed E-state index contributed by atoms with van der Waals surface area (Å²) >= 11 is 3.49. The fourth-order valence-corrected chi connectivity index (χ4v) is 5.19. The lowest BCUT2D eigenvalue weighted by Crippen LogP contribution is -1.97. The summed E-state index contributed by atoms with van der Waals surface area (Å²) < 4.78 is 11.4. The van der Waals surface area contributed by atoms with E-state index in [2.05, 4.69) is 101 Å². The largest absolute Gasteiger partial charge is 0.497 e. The second kappa shape index (κ2) is 11.0. The van der Waals surface area contributed by atoms with E-state index in [0.717, 1.165) is 29.9 Å². The van der Waals surface area contributed by atoms with Crippen molar-refractivity contribution in [3.05, 3.63) is 97.1 Å². The van der Waals surface area contributed by atoms with Crippen LogP contribution in [0.5, 0.6) is 11.5 Å². The predicted molar refractivity (Wildman–Crippen MR) is 152 cm³/mol. The summed E-state index contributed by atoms with van der Waals surface area (Å²) in [5, 5.41) is 6.05. The molecule has 5 rings (SSSR count). The van der Waals surface area contributed by atoms with Crippen LogP contribution < -0.4 is 9.47 Å². The number of ether oxygens (including phenoxy) is 2. The molecule has 5 aromatic carbocycles. The molecule has 0 amide bonds. The van der Waals surface area contributed by atoms with Crippen LogP contribution in [0.2, 0.25) is 0 Å². The van der Waals surface area contributed by atoms with Gasteiger partial charge in [-0.15, -0.1) is 0 Å². The number of unbranched alkanes of at least 4 members (excludes halogenated alkanes) is 2. The van der Waals surface area contributed by atoms with Gasteiger partial charge in [-0.3, -0.25) is 0 Å². The molecule has 176 valence electrons. The average Bonchev–Trinajstić information content (AvgIpc) is 2.92. The highest BCUT2D eigenvalue weighted by atomic mass is 79.9. The number of rotatable bonds is 9. The first kappa shape index (κ1) is 23.4. The minimum atomic E-state index is 0.759. The number of fused-ring (bicyclic) bond motifs is 2. The van der Waals surface area contributed by atoms with Gasteiger partial charge in [0.2, 0.25) is 0 Å². The van der Waals surface area contributed by atoms with Crippen molar-refractivity contribution >= 4 is 37.5 Å². The molecule has 0 atom stereocenters. The highest BCUT2D eigenvalue weighted by Crippen LogP contribution is 2.43. The third-order valence-corrected chi connectivity index (χ3v) is 7.06. The number of halogens is 1. The van der Waals surface area contributed by atoms with E-state index >= 15 is 0 Å². The van der Waals surface area contributed by atoms with Gasteiger partial charge in [-0.05, 0) is 87.3 Å². The lowest BCUT2D eigenvalue weighted by molar-refractivity contribution is 0.306. The van der Waals surface area contributed by atoms with Crippen LogP contribution in [0.25, 0.3) is 43.8 Å². The van der Waals surface area contributed by atoms with Gasteiger partial charge in [0.1, 0.15) is 11.5 Å². The molecule has 0 spiro atoms. The maximum atomic E-state index is 5.99. The second-order valence-corrected chi connectivity index (χ2v) is 9.49. The van der Waals surface area contributed by atoms with Gasteiger partial charge in [0.15, 0.2) is 0 Å². The topological polar surface area (TPSA) is 18.5 Å². The number of hydrogen-bond acceptors (Lipinski definition) is 2. The molecule has 35 heavy (non-hydrogen) atoms. The fraction of sp³-hybridized carbons (Fsp3) is 0.188. The SMILES string of the molecule is COc1ccc(-c2c3ccccc3c(-c3ccc(OCCCCCBr)cc3)c3ccccc23)cc1. The Kier molecular flexibility index (Phi) is 7.34. The Bertz CT molecular complexity index is 1370. The molecule has 0 aliphatic rings. The predicted octanol–water partition coefficient (Wildman–Crippen LogP) is 9.28. The van der Waals surface area contributed by atoms with Gasteiger partial charge in [0.05, 0.1) is 13.7 Å². The monoisotopic (exact) mass is 524 g/mol. The van der Waals surface area contributed by atoms with Crippen molar-refractivity contribution in [2.75, 3.05) is 19.0 Å². The number of methoxy groups -OCH3 is 1. The number of benzene rings is 5. The average molecular weight is 525 g/mol. The molecule has 0 heterocycles. The minimum absolute atomic E-state index is 0.759. The van der Waals surface area contributed by atoms with Crippen molar-refractivity contribution in [3.63, 3.8) is 0 Å². The molecular weight excluding hydrogens is 496 g/mol. The van der Waals surface area contributed by atoms with Gasteiger partial charge >= 0.3 is 0 Å². The van der Waals surface area contributed by atoms with E-state index in [4.69, 9.17) is 9.47 Å². The summed E-state index contributed by atoms with van der Waals surface area (Å²) in [4.78, 5) is 0. The van der Waals surface area contributed by atoms with Crippen LogP contribution in [0, 0.1) is 0 Å². The second-order valence-electron chi connectivity index (χ2n) is 8.69. The summed E-state index contributed by atoms with van der Waals surface area (Å²) in [7, 11) is 1.70. The van der Waals surface area contributed by atoms with E-state index in [9.17, 15) is 0 Å². The first-order valence-electron chi connectivity index (χ1n) is 12.2. The third kappa shape index (κ3) is 4.92. The van der Waals surface area contributed by atoms with Crippen molar-refractivity contribution in [1.82, 2.24) is 0 Å². The molecule has 0 radical (unpaired) electrons. The van der Waals surface area contributed by atoms with E-state index < -0.39 is 0 Å². The van der Waals surface area contributed by atoms with Crippen LogP contribution in [0.1, 0.15) is 19.3 Å². The molecule has 0 N–H and O–H groups in total. The van der Waals surface area contributed by atoms with Gasteiger partial charge in [0, 0.05) is 5.33 Å². The van der Waals surface area contributed by atoms with Crippen LogP contribution >= 0.6 is 15.9 Å². The van der Waals surface area contributed by atoms with Gasteiger partial charge in [-0.25, -0.2) is 0 Å². The molecule has 5 aromatic rings. The normalized spacial score (nSPS) is 11.1. The number of alkyl halides is 1. The standard InChI is InChI=1S/C32H29BrO2/c1-34-25-17-13-23(14-18-25)31-27-9-3-5-11-29(27)32(30-12-6-4-10-28(30)31)24-15-19-26(20-16-24)35-22-8-2-7-21-33/h3-6,9-20H,2,7-8,21-22H2,1H3. The van der Waals surface area contributed by atoms with Gasteiger partial charge < -0.3 is 9.47 Å². The van der Waals surface area contributed by atoms with E-state index in [0.29, 0.717) is 0 Å². The molecule has 2 nitrogen and oxygen atoms in total. The zero-order valence-electron chi connectivity index (χ0n) is 20.0. The Morgan fingerprint density at radius 2 is 1.00 bits per heavy atom. The molecule has 0 fully saturated rings. The molecule has 0 aromatic heterocycles. The fourth-order valence-electron chi connectivity index (χ4n) is 4.79. The van der Waals surface area contributed by atoms with Crippen molar-refractivity contribution in [2.45, 2.75) is 19.3 Å². The quantitative estimate of drug-likeness (QED) is 0.108. The van der Waals surface area contributed by atoms with Crippen molar-refractivity contribution in [1.29, 1.82) is 0 Å². The van der Waals surface area contributed by atoms with E-state index in [1.807, 2.05) is 12.1 Å². The molecule has 0 aliphatic carbocycles. The zero-order chi connectivity index (χ0) is 24.0. The van der Waals surface area contributed by atoms with Crippen LogP contribution in [-0.4, -0.2) is 19.0 Å². The van der Waals surface area contributed by atoms with Gasteiger partial charge in [-0.2, -0.15) is 0 Å². The molecule has 0 saturated carbocycles. The number of hydrogen-bond donors (Lipinski definition) is 0. The Labute approximate surface area is 215 Å². The Morgan fingerprint density at radius 3 is 1.43 bits per heavy atom. The summed E-state index contributed by atoms with van der Waals surface area (Å²) in [5.74, 6) is 1.79. The summed E-state index contributed by atoms with van der Waals surface area (Å²) in [6, 6.07) is 34.4. The minimum Gasteiger partial charge on any atom is -0.497 e. The maximum absolute atomic E-state index is 5.99. The maximum Gasteiger partial charge on any atom is 0.119 e. The van der Waals surface area contributed by atoms with Crippen molar-refractivity contribution < 1.29 is 9.47 Å². The van der Waals surface area contributed by atoms with Crippen molar-refractivity contribution in [3.8, 4) is 33.8 Å². The highest BCUT2D eigenvalue weighted by Gasteiger charge is 2.16. The van der Waals surface area contributed by atoms with E-state index in [-0.39, 0.29) is 0 Å². The van der Waals surface area contributed by atoms with Gasteiger partial charge in [-0.1, -0.05) is 88.7 Å². The molecule has 0 saturated heterocycles. The van der Waals surface area contributed by atoms with Crippen molar-refractivity contribution in [2.24, 2.45) is 0 Å². The van der Waals surface area contributed by atoms with E-state index in [1.165, 1.54) is 56.6 Å². The molecule has 0 unspecified atom stereocenters. The third-order valence-electron chi connectivity index (χ3n) is 6.50. The van der Waals surface area contributed by atoms with Gasteiger partial charge in [0.25, 0.3) is 0 Å². The molecule has 0 aliphatic heterocycles. The Balaban J connectivity index is 1.60. The first-order chi connectivity index (χ1) is 17.3. The Hall–Kier alpha value is -3.30. The smallest absolute Gasteiger partial charge is 0.119 e. The lowest BCUT2D eigenvalue weighted by atomic mass is 9.86. The highest BCUT2D eigenvalue weighted by molar-refractivity contribution is 9.09. The van der Waals surface area contributed by atoms with Crippen LogP contribution in [0.4, 0.5) is 0 Å². The summed E-state index contributed by atoms with van der Waals surface area (Å²) in [5.41, 5.74) is 4.90. The first-order valence-corrected chi connectivity index (χ1v) is 13.3. The molecule has 3 heteroatoms. The zero-order valence-corrected chi connectivity index (χ0v) is 21.6. The van der Waals surface area contributed by atoms with E-state index in [1.54, 1.807) is 7.11 Å². The summed E-state index contributed by atoms with van der Waals surface area (Å²) in [6.07, 6.45) is 3.45. The van der Waals surface area contributed by atoms with Crippen LogP contribution in [0.15, 0.2) is 97.1 Å². The Morgan fingerprint density at radius 1 is 0.543 bits per heavy atom. The lowest BCUT2D eigenvalue weighted by Gasteiger charge is -2.18. The molecular formula is C32H29BrO2.